The van der Waals surface area contributed by atoms with E-state index in [1.807, 2.05) is 12.1 Å². The first-order chi connectivity index (χ1) is 8.90. The summed E-state index contributed by atoms with van der Waals surface area (Å²) in [5, 5.41) is 3.35. The molecule has 0 aliphatic heterocycles. The Morgan fingerprint density at radius 1 is 1.37 bits per heavy atom. The molecule has 1 rings (SSSR count). The van der Waals surface area contributed by atoms with Gasteiger partial charge in [-0.1, -0.05) is 13.8 Å². The lowest BCUT2D eigenvalue weighted by molar-refractivity contribution is -0.118. The fraction of sp³-hybridized carbons (Fsp3) is 0.462. The van der Waals surface area contributed by atoms with Gasteiger partial charge >= 0.3 is 0 Å². The standard InChI is InChI=1S/C13H18Br2N2O2/c1-8(2)17-7-9-5-10(14)13(11(15)6-9)19-4-3-12(16)18/h5-6,8,17H,3-4,7H2,1-2H3,(H2,16,18). The second-order valence-electron chi connectivity index (χ2n) is 4.49. The van der Waals surface area contributed by atoms with Crippen LogP contribution in [0.4, 0.5) is 0 Å². The average molecular weight is 394 g/mol. The van der Waals surface area contributed by atoms with Crippen LogP contribution in [0.3, 0.4) is 0 Å². The first-order valence-corrected chi connectivity index (χ1v) is 7.61. The van der Waals surface area contributed by atoms with Crippen molar-refractivity contribution in [2.24, 2.45) is 5.73 Å². The lowest BCUT2D eigenvalue weighted by Gasteiger charge is -2.13. The monoisotopic (exact) mass is 392 g/mol. The molecule has 0 aliphatic rings. The fourth-order valence-electron chi connectivity index (χ4n) is 1.43. The maximum atomic E-state index is 10.7. The lowest BCUT2D eigenvalue weighted by atomic mass is 10.2. The summed E-state index contributed by atoms with van der Waals surface area (Å²) >= 11 is 6.95. The van der Waals surface area contributed by atoms with E-state index in [0.717, 1.165) is 21.1 Å². The van der Waals surface area contributed by atoms with Crippen LogP contribution in [0.25, 0.3) is 0 Å². The van der Waals surface area contributed by atoms with E-state index in [-0.39, 0.29) is 18.9 Å². The molecular weight excluding hydrogens is 376 g/mol. The molecule has 1 amide bonds. The number of primary amides is 1. The zero-order chi connectivity index (χ0) is 14.4. The van der Waals surface area contributed by atoms with Crippen molar-refractivity contribution in [3.63, 3.8) is 0 Å². The number of nitrogens with two attached hydrogens (primary N) is 1. The summed E-state index contributed by atoms with van der Waals surface area (Å²) in [6, 6.07) is 4.43. The third-order valence-corrected chi connectivity index (χ3v) is 3.55. The van der Waals surface area contributed by atoms with Crippen LogP contribution >= 0.6 is 31.9 Å². The molecule has 0 unspecified atom stereocenters. The van der Waals surface area contributed by atoms with Crippen LogP contribution in [0.5, 0.6) is 5.75 Å². The third-order valence-electron chi connectivity index (χ3n) is 2.37. The zero-order valence-corrected chi connectivity index (χ0v) is 14.2. The number of halogens is 2. The van der Waals surface area contributed by atoms with E-state index in [2.05, 4.69) is 51.0 Å². The normalized spacial score (nSPS) is 10.8. The Hall–Kier alpha value is -0.590. The topological polar surface area (TPSA) is 64.3 Å². The summed E-state index contributed by atoms with van der Waals surface area (Å²) in [7, 11) is 0. The molecule has 1 aromatic rings. The molecule has 106 valence electrons. The van der Waals surface area contributed by atoms with Crippen molar-refractivity contribution in [2.75, 3.05) is 6.61 Å². The minimum atomic E-state index is -0.370. The van der Waals surface area contributed by atoms with E-state index in [1.165, 1.54) is 0 Å². The van der Waals surface area contributed by atoms with Gasteiger partial charge in [0.05, 0.1) is 22.0 Å². The van der Waals surface area contributed by atoms with Gasteiger partial charge in [0.25, 0.3) is 0 Å². The van der Waals surface area contributed by atoms with Crippen LogP contribution in [0, 0.1) is 0 Å². The summed E-state index contributed by atoms with van der Waals surface area (Å²) < 4.78 is 7.25. The maximum absolute atomic E-state index is 10.7. The largest absolute Gasteiger partial charge is 0.491 e. The van der Waals surface area contributed by atoms with E-state index in [4.69, 9.17) is 10.5 Å². The molecule has 3 N–H and O–H groups in total. The van der Waals surface area contributed by atoms with Gasteiger partial charge in [-0.3, -0.25) is 4.79 Å². The minimum Gasteiger partial charge on any atom is -0.491 e. The molecule has 0 aromatic heterocycles. The Bertz CT molecular complexity index is 427. The average Bonchev–Trinajstić information content (AvgIpc) is 2.29. The smallest absolute Gasteiger partial charge is 0.220 e. The van der Waals surface area contributed by atoms with Crippen molar-refractivity contribution in [2.45, 2.75) is 32.9 Å². The van der Waals surface area contributed by atoms with Gasteiger partial charge < -0.3 is 15.8 Å². The van der Waals surface area contributed by atoms with Gasteiger partial charge in [-0.15, -0.1) is 0 Å². The van der Waals surface area contributed by atoms with E-state index in [0.29, 0.717) is 11.8 Å². The summed E-state index contributed by atoms with van der Waals surface area (Å²) in [6.07, 6.45) is 0.204. The third kappa shape index (κ3) is 5.93. The van der Waals surface area contributed by atoms with E-state index in [1.54, 1.807) is 0 Å². The number of benzene rings is 1. The molecule has 0 spiro atoms. The molecule has 0 heterocycles. The number of hydrogen-bond acceptors (Lipinski definition) is 3. The van der Waals surface area contributed by atoms with Crippen molar-refractivity contribution >= 4 is 37.8 Å². The molecule has 0 aliphatic carbocycles. The molecular formula is C13H18Br2N2O2. The second-order valence-corrected chi connectivity index (χ2v) is 6.20. The number of rotatable bonds is 7. The molecule has 0 saturated carbocycles. The Morgan fingerprint density at radius 3 is 2.42 bits per heavy atom. The Kier molecular flexibility index (Phi) is 6.82. The molecule has 19 heavy (non-hydrogen) atoms. The highest BCUT2D eigenvalue weighted by molar-refractivity contribution is 9.11. The molecule has 0 saturated heterocycles. The summed E-state index contributed by atoms with van der Waals surface area (Å²) in [5.41, 5.74) is 6.22. The van der Waals surface area contributed by atoms with Crippen molar-refractivity contribution in [1.82, 2.24) is 5.32 Å². The predicted molar refractivity (Wildman–Crippen MR) is 83.1 cm³/mol. The molecule has 6 heteroatoms. The van der Waals surface area contributed by atoms with Crippen molar-refractivity contribution in [1.29, 1.82) is 0 Å². The minimum absolute atomic E-state index is 0.204. The van der Waals surface area contributed by atoms with Crippen LogP contribution in [0.1, 0.15) is 25.8 Å². The second kappa shape index (κ2) is 7.87. The number of carbonyl (C=O) groups is 1. The van der Waals surface area contributed by atoms with Crippen molar-refractivity contribution in [3.8, 4) is 5.75 Å². The summed E-state index contributed by atoms with van der Waals surface area (Å²) in [6.45, 7) is 5.27. The highest BCUT2D eigenvalue weighted by atomic mass is 79.9. The van der Waals surface area contributed by atoms with Crippen LogP contribution in [0.2, 0.25) is 0 Å². The van der Waals surface area contributed by atoms with Crippen LogP contribution in [-0.4, -0.2) is 18.6 Å². The number of nitrogens with one attached hydrogen (secondary N) is 1. The van der Waals surface area contributed by atoms with E-state index >= 15 is 0 Å². The molecule has 0 bridgehead atoms. The number of hydrogen-bond donors (Lipinski definition) is 2. The summed E-state index contributed by atoms with van der Waals surface area (Å²) in [5.74, 6) is 0.319. The Morgan fingerprint density at radius 2 is 1.95 bits per heavy atom. The van der Waals surface area contributed by atoms with Crippen LogP contribution in [-0.2, 0) is 11.3 Å². The zero-order valence-electron chi connectivity index (χ0n) is 11.0. The Balaban J connectivity index is 2.71. The summed E-state index contributed by atoms with van der Waals surface area (Å²) in [4.78, 5) is 10.7. The Labute approximate surface area is 130 Å². The van der Waals surface area contributed by atoms with Crippen molar-refractivity contribution < 1.29 is 9.53 Å². The highest BCUT2D eigenvalue weighted by Gasteiger charge is 2.09. The highest BCUT2D eigenvalue weighted by Crippen LogP contribution is 2.34. The molecule has 0 atom stereocenters. The first kappa shape index (κ1) is 16.5. The van der Waals surface area contributed by atoms with Crippen molar-refractivity contribution in [3.05, 3.63) is 26.6 Å². The van der Waals surface area contributed by atoms with Gasteiger partial charge in [0.15, 0.2) is 0 Å². The number of carbonyl (C=O) groups excluding carboxylic acids is 1. The SMILES string of the molecule is CC(C)NCc1cc(Br)c(OCCC(N)=O)c(Br)c1. The van der Waals surface area contributed by atoms with Gasteiger partial charge in [0.1, 0.15) is 5.75 Å². The quantitative estimate of drug-likeness (QED) is 0.748. The molecule has 0 fully saturated rings. The van der Waals surface area contributed by atoms with E-state index in [9.17, 15) is 4.79 Å². The van der Waals surface area contributed by atoms with Gasteiger partial charge in [-0.25, -0.2) is 0 Å². The molecule has 1 aromatic carbocycles. The van der Waals surface area contributed by atoms with Gasteiger partial charge in [-0.05, 0) is 49.6 Å². The van der Waals surface area contributed by atoms with Crippen LogP contribution < -0.4 is 15.8 Å². The maximum Gasteiger partial charge on any atom is 0.220 e. The van der Waals surface area contributed by atoms with Gasteiger partial charge in [-0.2, -0.15) is 0 Å². The first-order valence-electron chi connectivity index (χ1n) is 6.02. The molecule has 4 nitrogen and oxygen atoms in total. The van der Waals surface area contributed by atoms with Gasteiger partial charge in [0, 0.05) is 12.6 Å². The van der Waals surface area contributed by atoms with Crippen LogP contribution in [0.15, 0.2) is 21.1 Å². The fourth-order valence-corrected chi connectivity index (χ4v) is 2.94. The predicted octanol–water partition coefficient (Wildman–Crippen LogP) is 2.96. The van der Waals surface area contributed by atoms with E-state index < -0.39 is 0 Å². The molecule has 0 radical (unpaired) electrons. The lowest BCUT2D eigenvalue weighted by Crippen LogP contribution is -2.21. The number of ether oxygens (including phenoxy) is 1. The van der Waals surface area contributed by atoms with Gasteiger partial charge in [0.2, 0.25) is 5.91 Å². The number of amides is 1.